The number of nitrogens with zero attached hydrogens (tertiary/aromatic N) is 13. The molecular weight excluding hydrogens is 1800 g/mol. The average Bonchev–Trinajstić information content (AvgIpc) is 1.23. The third-order valence-corrected chi connectivity index (χ3v) is 28.3. The largest absolute Gasteiger partial charge is 0.377 e. The number of para-hydroxylation sites is 2. The number of ketones is 4. The molecule has 4 amide bonds. The van der Waals surface area contributed by atoms with Gasteiger partial charge in [-0.15, -0.1) is 0 Å². The highest BCUT2D eigenvalue weighted by Crippen LogP contribution is 2.44. The second kappa shape index (κ2) is 49.8. The van der Waals surface area contributed by atoms with E-state index in [1.54, 1.807) is 92.6 Å². The fraction of sp³-hybridized carbons (Fsp3) is 0.513. The Morgan fingerprint density at radius 1 is 0.399 bits per heavy atom. The molecule has 3 aromatic carbocycles. The van der Waals surface area contributed by atoms with Crippen molar-refractivity contribution < 1.29 is 43.1 Å². The summed E-state index contributed by atoms with van der Waals surface area (Å²) in [7, 11) is 0. The number of fused-ring (bicyclic) bond motifs is 4. The lowest BCUT2D eigenvalue weighted by molar-refractivity contribution is -0.127. The first kappa shape index (κ1) is 107. The molecule has 4 saturated heterocycles. The van der Waals surface area contributed by atoms with E-state index in [0.29, 0.717) is 72.8 Å². The number of aryl methyl sites for hydroxylation is 2. The highest BCUT2D eigenvalue weighted by Gasteiger charge is 2.41. The van der Waals surface area contributed by atoms with E-state index < -0.39 is 48.3 Å². The number of ether oxygens (including phenoxy) is 1. The number of nitrogens with one attached hydrogen (secondary N) is 4. The average molecular weight is 1950 g/mol. The van der Waals surface area contributed by atoms with Crippen LogP contribution in [-0.2, 0) is 43.1 Å². The van der Waals surface area contributed by atoms with Gasteiger partial charge >= 0.3 is 0 Å². The van der Waals surface area contributed by atoms with Crippen molar-refractivity contribution in [3.05, 3.63) is 252 Å². The molecule has 2 aliphatic carbocycles. The number of amides is 4. The number of hydrogen-bond acceptors (Lipinski definition) is 22. The number of hydrogen-bond donors (Lipinski definition) is 4. The summed E-state index contributed by atoms with van der Waals surface area (Å²) in [6.45, 7) is 36.4. The zero-order valence-corrected chi connectivity index (χ0v) is 86.2. The van der Waals surface area contributed by atoms with E-state index in [9.17, 15) is 57.5 Å². The molecule has 13 atom stereocenters. The van der Waals surface area contributed by atoms with Gasteiger partial charge in [-0.25, -0.2) is 9.97 Å². The van der Waals surface area contributed by atoms with Crippen molar-refractivity contribution >= 4 is 91.3 Å². The minimum atomic E-state index is -0.769. The number of aromatic nitrogens is 9. The molecule has 4 N–H and O–H groups in total. The van der Waals surface area contributed by atoms with Gasteiger partial charge in [-0.05, 0) is 280 Å². The summed E-state index contributed by atoms with van der Waals surface area (Å²) in [5, 5.41) is 13.3. The van der Waals surface area contributed by atoms with Crippen LogP contribution in [0.4, 0.5) is 22.7 Å². The van der Waals surface area contributed by atoms with E-state index >= 15 is 0 Å². The molecule has 0 radical (unpaired) electrons. The summed E-state index contributed by atoms with van der Waals surface area (Å²) in [6.07, 6.45) is 30.8. The maximum atomic E-state index is 13.8. The number of morpholine rings is 1. The van der Waals surface area contributed by atoms with Crippen molar-refractivity contribution in [1.29, 1.82) is 0 Å². The quantitative estimate of drug-likeness (QED) is 0.0281. The third-order valence-electron chi connectivity index (χ3n) is 28.3. The molecule has 762 valence electrons. The SMILES string of the molecule is CC(=O)C[C@H](NC(=O)C(CC(C)C)n1ccc(C)cc1=O)c1cncc(N2CC[C@H](C3CC3)C2)c1.CC(=O)C[C@H](NC(=O)[C@H](CC(C)C)n1ccc(C)cc1=O)c1cncc(N2CCCC[C@@H]2C)c1.CC(=O)C[C@H](NC(=O)[C@H](CC(C)C)n1cnc2ccccc2c1=O)c1cccc(N2CC3CCC2C3)c1.CC(=O)C[C@H](NC(=O)[C@H](CC(C)C)n1cnc2ccccc2c1=O)c1cncc(N2CCOC[C@@H]2C)c1. The van der Waals surface area contributed by atoms with Crippen LogP contribution in [0.1, 0.15) is 288 Å². The van der Waals surface area contributed by atoms with Gasteiger partial charge in [-0.1, -0.05) is 91.8 Å². The van der Waals surface area contributed by atoms with Crippen molar-refractivity contribution in [3.8, 4) is 0 Å². The molecule has 6 aliphatic rings. The van der Waals surface area contributed by atoms with Gasteiger partial charge < -0.3 is 54.7 Å². The Bertz CT molecular complexity index is 6200. The summed E-state index contributed by atoms with van der Waals surface area (Å²) in [4.78, 5) is 187. The maximum Gasteiger partial charge on any atom is 0.261 e. The first-order valence-electron chi connectivity index (χ1n) is 51.5. The molecule has 16 rings (SSSR count). The lowest BCUT2D eigenvalue weighted by Crippen LogP contribution is -2.44. The molecule has 10 aromatic rings. The van der Waals surface area contributed by atoms with Gasteiger partial charge in [0.15, 0.2) is 0 Å². The van der Waals surface area contributed by atoms with E-state index in [2.05, 4.69) is 97.8 Å². The number of Topliss-reactive ketones (excluding diaryl/α,β-unsaturated/α-hetero) is 4. The van der Waals surface area contributed by atoms with Gasteiger partial charge in [-0.2, -0.15) is 0 Å². The topological polar surface area (TPSA) is 359 Å². The van der Waals surface area contributed by atoms with Crippen molar-refractivity contribution in [2.24, 2.45) is 41.4 Å². The van der Waals surface area contributed by atoms with Crippen LogP contribution in [0.2, 0.25) is 0 Å². The van der Waals surface area contributed by atoms with Gasteiger partial charge in [0.05, 0.1) is 107 Å². The lowest BCUT2D eigenvalue weighted by Gasteiger charge is -2.35. The number of anilines is 4. The zero-order chi connectivity index (χ0) is 103. The minimum Gasteiger partial charge on any atom is -0.377 e. The van der Waals surface area contributed by atoms with Gasteiger partial charge in [0.1, 0.15) is 47.3 Å². The number of piperidine rings is 2. The number of rotatable bonds is 37. The van der Waals surface area contributed by atoms with Crippen molar-refractivity contribution in [1.82, 2.24) is 64.5 Å². The first-order chi connectivity index (χ1) is 68.4. The van der Waals surface area contributed by atoms with Crippen LogP contribution in [0.25, 0.3) is 21.8 Å². The summed E-state index contributed by atoms with van der Waals surface area (Å²) < 4.78 is 11.4. The Balaban J connectivity index is 0.000000160. The highest BCUT2D eigenvalue weighted by molar-refractivity contribution is 5.87. The number of benzene rings is 3. The van der Waals surface area contributed by atoms with Crippen molar-refractivity contribution in [3.63, 3.8) is 0 Å². The molecule has 3 unspecified atom stereocenters. The van der Waals surface area contributed by atoms with Gasteiger partial charge in [-0.3, -0.25) is 81.6 Å². The van der Waals surface area contributed by atoms with Gasteiger partial charge in [0.25, 0.3) is 22.2 Å². The first-order valence-corrected chi connectivity index (χ1v) is 51.5. The summed E-state index contributed by atoms with van der Waals surface area (Å²) in [6, 6.07) is 31.7. The molecule has 7 aromatic heterocycles. The predicted molar refractivity (Wildman–Crippen MR) is 561 cm³/mol. The maximum absolute atomic E-state index is 13.8. The number of pyridine rings is 5. The summed E-state index contributed by atoms with van der Waals surface area (Å²) in [5.41, 5.74) is 9.42. The van der Waals surface area contributed by atoms with Crippen LogP contribution < -0.4 is 63.1 Å². The Hall–Kier alpha value is -13.0. The minimum absolute atomic E-state index is 0.000816. The molecule has 2 bridgehead atoms. The molecular formula is C113H147N17O13. The van der Waals surface area contributed by atoms with Gasteiger partial charge in [0, 0.05) is 125 Å². The summed E-state index contributed by atoms with van der Waals surface area (Å²) >= 11 is 0. The standard InChI is InChI=1S/C30H36N4O3.C28H35N5O4.C28H38N4O3.C27H38N4O3/c1-19(2)13-28(34-18-31-26-10-5-4-9-25(26)30(34)37)29(36)32-27(14-20(3)35)22-7-6-8-23(16-22)33-17-21-11-12-24(33)15-21;1-18(2)11-26(33-17-30-24-8-6-5-7-23(24)28(33)36)27(35)31-25(12-20(4)34)21-13-22(15-29-14-21)32-9-10-37-16-19(32)3;1-18(2)11-26(32-10-7-19(3)12-27(32)34)28(35)30-25(13-20(4)33)23-14-24(16-29-15-23)31-9-8-22(17-31)21-5-6-21;1-18(2)12-25(31-11-9-19(3)13-26(31)33)27(34)29-24(14-21(5)32)22-15-23(17-28-16-22)30-10-7-6-8-20(30)4/h4-10,16,18-19,21,24,27-28H,11-15,17H2,1-3H3,(H,32,36);5-8,13-15,17-19,25-26H,9-12,16H2,1-4H3,(H,31,35);7,10,12,14-16,18,21-22,25-26H,5-6,8-9,11,13,17H2,1-4H3,(H,30,35);9,11,13,15-18,20,24-25H,6-8,10,12,14H2,1-5H3,(H,29,34)/t21?,24?,27-,28-;19-,25-,26-;22-,25-,26?;20-,24-,25-/m0000/s1. The second-order valence-electron chi connectivity index (χ2n) is 42.3. The normalized spacial score (nSPS) is 18.9. The smallest absolute Gasteiger partial charge is 0.261 e. The zero-order valence-electron chi connectivity index (χ0n) is 86.2. The third kappa shape index (κ3) is 29.0. The lowest BCUT2D eigenvalue weighted by atomic mass is 9.98. The Labute approximate surface area is 839 Å². The Morgan fingerprint density at radius 3 is 1.22 bits per heavy atom. The number of carbonyl (C=O) groups excluding carboxylic acids is 8. The molecule has 30 heteroatoms. The van der Waals surface area contributed by atoms with Crippen LogP contribution in [-0.4, -0.2) is 154 Å². The highest BCUT2D eigenvalue weighted by atomic mass is 16.5. The van der Waals surface area contributed by atoms with E-state index in [1.807, 2.05) is 130 Å². The summed E-state index contributed by atoms with van der Waals surface area (Å²) in [5.74, 6) is 1.95. The molecule has 11 heterocycles. The van der Waals surface area contributed by atoms with Crippen LogP contribution in [0.15, 0.2) is 197 Å². The van der Waals surface area contributed by atoms with Crippen LogP contribution in [0.5, 0.6) is 0 Å². The van der Waals surface area contributed by atoms with E-state index in [4.69, 9.17) is 4.74 Å². The van der Waals surface area contributed by atoms with E-state index in [0.717, 1.165) is 119 Å². The van der Waals surface area contributed by atoms with Crippen molar-refractivity contribution in [2.75, 3.05) is 65.5 Å². The Morgan fingerprint density at radius 2 is 0.818 bits per heavy atom. The molecule has 143 heavy (non-hydrogen) atoms. The molecule has 4 aliphatic heterocycles. The second-order valence-corrected chi connectivity index (χ2v) is 42.3. The van der Waals surface area contributed by atoms with E-state index in [1.165, 1.54) is 96.6 Å². The fourth-order valence-electron chi connectivity index (χ4n) is 20.8. The van der Waals surface area contributed by atoms with Crippen molar-refractivity contribution in [2.45, 2.75) is 286 Å². The predicted octanol–water partition coefficient (Wildman–Crippen LogP) is 16.8. The number of carbonyl (C=O) groups is 8. The van der Waals surface area contributed by atoms with Gasteiger partial charge in [0.2, 0.25) is 23.6 Å². The van der Waals surface area contributed by atoms with E-state index in [-0.39, 0.29) is 124 Å². The Kier molecular flexibility index (Phi) is 37.4. The van der Waals surface area contributed by atoms with Crippen LogP contribution >= 0.6 is 0 Å². The van der Waals surface area contributed by atoms with Crippen LogP contribution in [0.3, 0.4) is 0 Å². The molecule has 6 fully saturated rings. The fourth-order valence-corrected chi connectivity index (χ4v) is 20.8. The molecule has 30 nitrogen and oxygen atoms in total. The monoisotopic (exact) mass is 1950 g/mol. The van der Waals surface area contributed by atoms with Crippen LogP contribution in [0, 0.1) is 55.3 Å². The molecule has 0 spiro atoms. The molecule has 2 saturated carbocycles.